The summed E-state index contributed by atoms with van der Waals surface area (Å²) in [6.07, 6.45) is 5.77. The number of aliphatic hydroxyl groups excluding tert-OH is 2. The number of nitrogens with zero attached hydrogens (tertiary/aromatic N) is 4. The molecular weight excluding hydrogens is 418 g/mol. The largest absolute Gasteiger partial charge is 0.388 e. The maximum Gasteiger partial charge on any atom is 0.164 e. The first-order valence-corrected chi connectivity index (χ1v) is 11.6. The Kier molecular flexibility index (Phi) is 5.21. The third kappa shape index (κ3) is 4.06. The van der Waals surface area contributed by atoms with E-state index in [4.69, 9.17) is 9.72 Å². The summed E-state index contributed by atoms with van der Waals surface area (Å²) in [5.74, 6) is 1.71. The molecular formula is C25H27N5O3. The van der Waals surface area contributed by atoms with Gasteiger partial charge in [0.15, 0.2) is 6.23 Å². The average molecular weight is 446 g/mol. The van der Waals surface area contributed by atoms with Crippen molar-refractivity contribution in [3.8, 4) is 0 Å². The minimum atomic E-state index is -1.03. The number of aliphatic hydroxyl groups is 2. The highest BCUT2D eigenvalue weighted by Crippen LogP contribution is 2.34. The maximum atomic E-state index is 10.7. The molecule has 4 heterocycles. The lowest BCUT2D eigenvalue weighted by molar-refractivity contribution is -0.0364. The van der Waals surface area contributed by atoms with Crippen LogP contribution >= 0.6 is 0 Å². The number of fused-ring (bicyclic) bond motifs is 2. The lowest BCUT2D eigenvalue weighted by atomic mass is 10.0. The van der Waals surface area contributed by atoms with Crippen LogP contribution in [0.1, 0.15) is 31.1 Å². The van der Waals surface area contributed by atoms with Crippen molar-refractivity contribution < 1.29 is 14.9 Å². The third-order valence-electron chi connectivity index (χ3n) is 6.73. The molecule has 33 heavy (non-hydrogen) atoms. The van der Waals surface area contributed by atoms with Gasteiger partial charge in [0.1, 0.15) is 30.0 Å². The Labute approximate surface area is 191 Å². The number of aromatic nitrogens is 4. The Morgan fingerprint density at radius 3 is 2.82 bits per heavy atom. The van der Waals surface area contributed by atoms with Crippen LogP contribution in [0, 0.1) is 5.92 Å². The van der Waals surface area contributed by atoms with Crippen LogP contribution in [0.3, 0.4) is 0 Å². The molecule has 1 saturated carbocycles. The van der Waals surface area contributed by atoms with Gasteiger partial charge < -0.3 is 24.8 Å². The van der Waals surface area contributed by atoms with Gasteiger partial charge in [-0.1, -0.05) is 12.1 Å². The number of aryl methyl sites for hydroxylation is 1. The number of hydrogen-bond donors (Lipinski definition) is 3. The van der Waals surface area contributed by atoms with E-state index in [1.807, 2.05) is 18.3 Å². The van der Waals surface area contributed by atoms with Gasteiger partial charge in [0, 0.05) is 29.7 Å². The SMILES string of the molecule is O[C@@H]1[C@H](O)[C@@H](CCc2ccc3ccc(NCC4CC4)nc3c2)O[C@H]1n1ccc2cncnc21. The second kappa shape index (κ2) is 8.37. The average Bonchev–Trinajstić information content (AvgIpc) is 3.52. The summed E-state index contributed by atoms with van der Waals surface area (Å²) < 4.78 is 7.87. The van der Waals surface area contributed by atoms with Crippen molar-refractivity contribution in [3.63, 3.8) is 0 Å². The van der Waals surface area contributed by atoms with Gasteiger partial charge in [-0.15, -0.1) is 0 Å². The van der Waals surface area contributed by atoms with Crippen LogP contribution < -0.4 is 5.32 Å². The second-order valence-electron chi connectivity index (χ2n) is 9.16. The molecule has 1 saturated heterocycles. The molecule has 1 aromatic carbocycles. The molecule has 0 unspecified atom stereocenters. The maximum absolute atomic E-state index is 10.7. The van der Waals surface area contributed by atoms with Crippen LogP contribution in [-0.2, 0) is 11.2 Å². The van der Waals surface area contributed by atoms with Gasteiger partial charge in [-0.25, -0.2) is 15.0 Å². The van der Waals surface area contributed by atoms with Crippen molar-refractivity contribution in [1.29, 1.82) is 0 Å². The second-order valence-corrected chi connectivity index (χ2v) is 9.16. The summed E-state index contributed by atoms with van der Waals surface area (Å²) in [7, 11) is 0. The van der Waals surface area contributed by atoms with Gasteiger partial charge in [-0.2, -0.15) is 0 Å². The highest BCUT2D eigenvalue weighted by molar-refractivity contribution is 5.81. The van der Waals surface area contributed by atoms with Gasteiger partial charge in [0.05, 0.1) is 11.6 Å². The summed E-state index contributed by atoms with van der Waals surface area (Å²) in [4.78, 5) is 13.1. The Morgan fingerprint density at radius 1 is 1.06 bits per heavy atom. The van der Waals surface area contributed by atoms with Crippen LogP contribution in [0.15, 0.2) is 55.1 Å². The number of hydrogen-bond acceptors (Lipinski definition) is 7. The number of rotatable bonds is 7. The van der Waals surface area contributed by atoms with E-state index in [-0.39, 0.29) is 0 Å². The monoisotopic (exact) mass is 445 g/mol. The van der Waals surface area contributed by atoms with Gasteiger partial charge in [-0.05, 0) is 61.4 Å². The van der Waals surface area contributed by atoms with Crippen LogP contribution in [0.25, 0.3) is 21.9 Å². The Balaban J connectivity index is 1.15. The molecule has 2 fully saturated rings. The van der Waals surface area contributed by atoms with Crippen LogP contribution in [0.4, 0.5) is 5.82 Å². The first-order chi connectivity index (χ1) is 16.2. The number of benzene rings is 1. The van der Waals surface area contributed by atoms with Crippen molar-refractivity contribution >= 4 is 27.8 Å². The number of nitrogens with one attached hydrogen (secondary N) is 1. The molecule has 1 aliphatic carbocycles. The molecule has 0 spiro atoms. The van der Waals surface area contributed by atoms with E-state index in [0.717, 1.165) is 40.1 Å². The normalized spacial score (nSPS) is 25.2. The first-order valence-electron chi connectivity index (χ1n) is 11.6. The van der Waals surface area contributed by atoms with Gasteiger partial charge in [0.2, 0.25) is 0 Å². The lowest BCUT2D eigenvalue weighted by Crippen LogP contribution is -2.31. The molecule has 4 aromatic rings. The van der Waals surface area contributed by atoms with Crippen molar-refractivity contribution in [2.45, 2.75) is 50.2 Å². The molecule has 0 radical (unpaired) electrons. The van der Waals surface area contributed by atoms with E-state index in [2.05, 4.69) is 39.6 Å². The van der Waals surface area contributed by atoms with E-state index in [1.165, 1.54) is 19.2 Å². The molecule has 3 N–H and O–H groups in total. The van der Waals surface area contributed by atoms with E-state index in [0.29, 0.717) is 18.5 Å². The molecule has 8 nitrogen and oxygen atoms in total. The van der Waals surface area contributed by atoms with Crippen molar-refractivity contribution in [2.24, 2.45) is 5.92 Å². The number of anilines is 1. The van der Waals surface area contributed by atoms with E-state index in [1.54, 1.807) is 10.8 Å². The smallest absolute Gasteiger partial charge is 0.164 e. The Hall–Kier alpha value is -3.07. The summed E-state index contributed by atoms with van der Waals surface area (Å²) in [6.45, 7) is 0.987. The Bertz CT molecular complexity index is 1290. The molecule has 3 aromatic heterocycles. The topological polar surface area (TPSA) is 105 Å². The molecule has 170 valence electrons. The Morgan fingerprint density at radius 2 is 1.94 bits per heavy atom. The van der Waals surface area contributed by atoms with E-state index >= 15 is 0 Å². The molecule has 8 heteroatoms. The highest BCUT2D eigenvalue weighted by Gasteiger charge is 2.43. The van der Waals surface area contributed by atoms with Crippen LogP contribution in [0.2, 0.25) is 0 Å². The minimum absolute atomic E-state index is 0.473. The fraction of sp³-hybridized carbons (Fsp3) is 0.400. The van der Waals surface area contributed by atoms with Gasteiger partial charge in [-0.3, -0.25) is 0 Å². The molecule has 4 atom stereocenters. The predicted molar refractivity (Wildman–Crippen MR) is 125 cm³/mol. The predicted octanol–water partition coefficient (Wildman–Crippen LogP) is 3.05. The van der Waals surface area contributed by atoms with Crippen LogP contribution in [0.5, 0.6) is 0 Å². The quantitative estimate of drug-likeness (QED) is 0.401. The summed E-state index contributed by atoms with van der Waals surface area (Å²) in [5, 5.41) is 26.7. The van der Waals surface area contributed by atoms with Crippen LogP contribution in [-0.4, -0.2) is 54.6 Å². The standard InChI is InChI=1S/C25H27N5O3/c31-22-20(33-25(23(22)32)30-10-9-18-13-26-14-28-24(18)30)7-4-15-3-5-17-6-8-21(29-19(17)11-15)27-12-16-1-2-16/h3,5-6,8-11,13-14,16,20,22-23,25,31-32H,1-2,4,7,12H2,(H,27,29)/t20-,22-,23-,25-/m1/s1. The molecule has 1 aliphatic heterocycles. The summed E-state index contributed by atoms with van der Waals surface area (Å²) in [5.41, 5.74) is 2.76. The molecule has 0 amide bonds. The summed E-state index contributed by atoms with van der Waals surface area (Å²) >= 11 is 0. The molecule has 0 bridgehead atoms. The molecule has 6 rings (SSSR count). The molecule has 2 aliphatic rings. The zero-order valence-electron chi connectivity index (χ0n) is 18.2. The van der Waals surface area contributed by atoms with E-state index < -0.39 is 24.5 Å². The third-order valence-corrected chi connectivity index (χ3v) is 6.73. The zero-order chi connectivity index (χ0) is 22.4. The minimum Gasteiger partial charge on any atom is -0.388 e. The van der Waals surface area contributed by atoms with Crippen molar-refractivity contribution in [3.05, 3.63) is 60.7 Å². The van der Waals surface area contributed by atoms with Crippen molar-refractivity contribution in [1.82, 2.24) is 19.5 Å². The zero-order valence-corrected chi connectivity index (χ0v) is 18.2. The number of ether oxygens (including phenoxy) is 1. The first kappa shape index (κ1) is 20.5. The highest BCUT2D eigenvalue weighted by atomic mass is 16.6. The van der Waals surface area contributed by atoms with Gasteiger partial charge >= 0.3 is 0 Å². The fourth-order valence-electron chi connectivity index (χ4n) is 4.60. The van der Waals surface area contributed by atoms with E-state index in [9.17, 15) is 10.2 Å². The number of pyridine rings is 1. The summed E-state index contributed by atoms with van der Waals surface area (Å²) in [6, 6.07) is 12.3. The lowest BCUT2D eigenvalue weighted by Gasteiger charge is -2.17. The van der Waals surface area contributed by atoms with Crippen molar-refractivity contribution in [2.75, 3.05) is 11.9 Å². The fourth-order valence-corrected chi connectivity index (χ4v) is 4.60. The van der Waals surface area contributed by atoms with Gasteiger partial charge in [0.25, 0.3) is 0 Å².